The van der Waals surface area contributed by atoms with Crippen molar-refractivity contribution in [1.29, 1.82) is 0 Å². The van der Waals surface area contributed by atoms with Crippen molar-refractivity contribution in [2.75, 3.05) is 25.9 Å². The third-order valence-electron chi connectivity index (χ3n) is 5.16. The van der Waals surface area contributed by atoms with Crippen molar-refractivity contribution in [2.24, 2.45) is 11.7 Å². The van der Waals surface area contributed by atoms with Crippen molar-refractivity contribution in [3.63, 3.8) is 0 Å². The summed E-state index contributed by atoms with van der Waals surface area (Å²) in [6, 6.07) is 0. The zero-order valence-corrected chi connectivity index (χ0v) is 13.1. The van der Waals surface area contributed by atoms with Crippen LogP contribution >= 0.6 is 0 Å². The fourth-order valence-electron chi connectivity index (χ4n) is 4.24. The highest BCUT2D eigenvalue weighted by atomic mass is 32.2. The molecule has 0 spiro atoms. The molecule has 3 unspecified atom stereocenters. The zero-order valence-electron chi connectivity index (χ0n) is 12.3. The van der Waals surface area contributed by atoms with Gasteiger partial charge in [-0.25, -0.2) is 8.42 Å². The Balaban J connectivity index is 2.19. The molecule has 0 bridgehead atoms. The summed E-state index contributed by atoms with van der Waals surface area (Å²) in [5, 5.41) is -0.259. The van der Waals surface area contributed by atoms with Gasteiger partial charge in [0.15, 0.2) is 9.84 Å². The van der Waals surface area contributed by atoms with Crippen LogP contribution in [0.15, 0.2) is 0 Å². The molecule has 0 aromatic rings. The van der Waals surface area contributed by atoms with Crippen LogP contribution in [0.4, 0.5) is 0 Å². The van der Waals surface area contributed by atoms with Crippen molar-refractivity contribution in [1.82, 2.24) is 4.90 Å². The van der Waals surface area contributed by atoms with E-state index in [-0.39, 0.29) is 10.8 Å². The van der Waals surface area contributed by atoms with E-state index < -0.39 is 9.84 Å². The number of sulfone groups is 1. The SMILES string of the molecule is CCCC1CCN(C2(CN)CCCC2S(C)(=O)=O)C1. The van der Waals surface area contributed by atoms with E-state index in [1.54, 1.807) is 0 Å². The van der Waals surface area contributed by atoms with Crippen LogP contribution in [-0.4, -0.2) is 50.0 Å². The fraction of sp³-hybridized carbons (Fsp3) is 1.00. The predicted molar refractivity (Wildman–Crippen MR) is 78.9 cm³/mol. The Hall–Kier alpha value is -0.130. The van der Waals surface area contributed by atoms with E-state index in [4.69, 9.17) is 5.73 Å². The first kappa shape index (κ1) is 15.3. The minimum absolute atomic E-state index is 0.259. The highest BCUT2D eigenvalue weighted by Gasteiger charge is 2.52. The Morgan fingerprint density at radius 3 is 2.68 bits per heavy atom. The van der Waals surface area contributed by atoms with E-state index in [0.717, 1.165) is 38.3 Å². The quantitative estimate of drug-likeness (QED) is 0.830. The van der Waals surface area contributed by atoms with Crippen LogP contribution in [0.5, 0.6) is 0 Å². The maximum atomic E-state index is 12.1. The molecule has 3 atom stereocenters. The Morgan fingerprint density at radius 1 is 1.37 bits per heavy atom. The number of likely N-dealkylation sites (tertiary alicyclic amines) is 1. The first-order valence-corrected chi connectivity index (χ1v) is 9.53. The predicted octanol–water partition coefficient (Wildman–Crippen LogP) is 1.40. The molecule has 0 aromatic heterocycles. The molecular weight excluding hydrogens is 260 g/mol. The minimum atomic E-state index is -3.01. The molecule has 1 saturated heterocycles. The molecule has 0 aromatic carbocycles. The lowest BCUT2D eigenvalue weighted by Gasteiger charge is -2.42. The van der Waals surface area contributed by atoms with Gasteiger partial charge >= 0.3 is 0 Å². The highest BCUT2D eigenvalue weighted by molar-refractivity contribution is 7.91. The maximum absolute atomic E-state index is 12.1. The smallest absolute Gasteiger partial charge is 0.152 e. The third-order valence-corrected chi connectivity index (χ3v) is 6.87. The Bertz CT molecular complexity index is 410. The molecule has 2 N–H and O–H groups in total. The standard InChI is InChI=1S/C14H28N2O2S/c1-3-5-12-7-9-16(10-12)14(11-15)8-4-6-13(14)19(2,17)18/h12-13H,3-11,15H2,1-2H3. The summed E-state index contributed by atoms with van der Waals surface area (Å²) in [4.78, 5) is 2.41. The van der Waals surface area contributed by atoms with E-state index >= 15 is 0 Å². The molecule has 2 aliphatic rings. The maximum Gasteiger partial charge on any atom is 0.152 e. The lowest BCUT2D eigenvalue weighted by Crippen LogP contribution is -2.59. The molecule has 1 aliphatic carbocycles. The zero-order chi connectivity index (χ0) is 14.1. The first-order chi connectivity index (χ1) is 8.94. The van der Waals surface area contributed by atoms with Gasteiger partial charge in [-0.15, -0.1) is 0 Å². The highest BCUT2D eigenvalue weighted by Crippen LogP contribution is 2.41. The number of hydrogen-bond acceptors (Lipinski definition) is 4. The summed E-state index contributed by atoms with van der Waals surface area (Å²) >= 11 is 0. The normalized spacial score (nSPS) is 37.0. The number of nitrogens with zero attached hydrogens (tertiary/aromatic N) is 1. The molecule has 5 heteroatoms. The summed E-state index contributed by atoms with van der Waals surface area (Å²) < 4.78 is 24.2. The van der Waals surface area contributed by atoms with Gasteiger partial charge in [0.1, 0.15) is 0 Å². The second-order valence-electron chi connectivity index (χ2n) is 6.41. The lowest BCUT2D eigenvalue weighted by molar-refractivity contribution is 0.127. The van der Waals surface area contributed by atoms with Crippen molar-refractivity contribution in [3.05, 3.63) is 0 Å². The van der Waals surface area contributed by atoms with Crippen molar-refractivity contribution in [3.8, 4) is 0 Å². The largest absolute Gasteiger partial charge is 0.329 e. The summed E-state index contributed by atoms with van der Waals surface area (Å²) in [5.41, 5.74) is 5.77. The molecule has 2 rings (SSSR count). The van der Waals surface area contributed by atoms with Gasteiger partial charge in [0.05, 0.1) is 5.25 Å². The summed E-state index contributed by atoms with van der Waals surface area (Å²) in [6.07, 6.45) is 7.76. The van der Waals surface area contributed by atoms with Gasteiger partial charge < -0.3 is 5.73 Å². The Kier molecular flexibility index (Phi) is 4.58. The van der Waals surface area contributed by atoms with Gasteiger partial charge in [-0.05, 0) is 38.1 Å². The molecule has 1 saturated carbocycles. The summed E-state index contributed by atoms with van der Waals surface area (Å²) in [6.45, 7) is 4.75. The third kappa shape index (κ3) is 2.83. The topological polar surface area (TPSA) is 63.4 Å². The fourth-order valence-corrected chi connectivity index (χ4v) is 6.00. The second-order valence-corrected chi connectivity index (χ2v) is 8.64. The monoisotopic (exact) mass is 288 g/mol. The Labute approximate surface area is 117 Å². The molecule has 19 heavy (non-hydrogen) atoms. The second kappa shape index (κ2) is 5.70. The molecule has 1 heterocycles. The van der Waals surface area contributed by atoms with Crippen LogP contribution in [0.1, 0.15) is 45.4 Å². The number of nitrogens with two attached hydrogens (primary N) is 1. The summed E-state index contributed by atoms with van der Waals surface area (Å²) in [7, 11) is -3.01. The van der Waals surface area contributed by atoms with Gasteiger partial charge in [-0.1, -0.05) is 19.8 Å². The van der Waals surface area contributed by atoms with Crippen molar-refractivity contribution < 1.29 is 8.42 Å². The Morgan fingerprint density at radius 2 is 2.11 bits per heavy atom. The summed E-state index contributed by atoms with van der Waals surface area (Å²) in [5.74, 6) is 0.731. The number of hydrogen-bond donors (Lipinski definition) is 1. The minimum Gasteiger partial charge on any atom is -0.329 e. The molecule has 112 valence electrons. The van der Waals surface area contributed by atoms with Crippen LogP contribution in [0.3, 0.4) is 0 Å². The molecule has 0 amide bonds. The molecule has 2 fully saturated rings. The molecule has 0 radical (unpaired) electrons. The molecular formula is C14H28N2O2S. The van der Waals surface area contributed by atoms with Crippen LogP contribution in [0.2, 0.25) is 0 Å². The number of rotatable bonds is 5. The van der Waals surface area contributed by atoms with Gasteiger partial charge in [0.2, 0.25) is 0 Å². The van der Waals surface area contributed by atoms with Crippen molar-refractivity contribution >= 4 is 9.84 Å². The van der Waals surface area contributed by atoms with Crippen LogP contribution in [-0.2, 0) is 9.84 Å². The average molecular weight is 288 g/mol. The molecule has 4 nitrogen and oxygen atoms in total. The van der Waals surface area contributed by atoms with Gasteiger partial charge in [0, 0.05) is 24.9 Å². The van der Waals surface area contributed by atoms with E-state index in [1.165, 1.54) is 25.5 Å². The van der Waals surface area contributed by atoms with Crippen LogP contribution in [0.25, 0.3) is 0 Å². The van der Waals surface area contributed by atoms with Crippen LogP contribution < -0.4 is 5.73 Å². The van der Waals surface area contributed by atoms with Gasteiger partial charge in [-0.2, -0.15) is 0 Å². The lowest BCUT2D eigenvalue weighted by atomic mass is 9.94. The van der Waals surface area contributed by atoms with Gasteiger partial charge in [0.25, 0.3) is 0 Å². The van der Waals surface area contributed by atoms with E-state index in [9.17, 15) is 8.42 Å². The van der Waals surface area contributed by atoms with E-state index in [1.807, 2.05) is 0 Å². The van der Waals surface area contributed by atoms with Gasteiger partial charge in [-0.3, -0.25) is 4.90 Å². The van der Waals surface area contributed by atoms with E-state index in [0.29, 0.717) is 6.54 Å². The average Bonchev–Trinajstić information content (AvgIpc) is 2.94. The van der Waals surface area contributed by atoms with E-state index in [2.05, 4.69) is 11.8 Å². The first-order valence-electron chi connectivity index (χ1n) is 7.58. The van der Waals surface area contributed by atoms with Crippen LogP contribution in [0, 0.1) is 5.92 Å². The molecule has 1 aliphatic heterocycles. The van der Waals surface area contributed by atoms with Crippen molar-refractivity contribution in [2.45, 2.75) is 56.2 Å².